The fourth-order valence-corrected chi connectivity index (χ4v) is 3.13. The van der Waals surface area contributed by atoms with E-state index in [2.05, 4.69) is 16.6 Å². The molecular weight excluding hydrogens is 384 g/mol. The lowest BCUT2D eigenvalue weighted by Gasteiger charge is -2.07. The number of ether oxygens (including phenoxy) is 1. The second kappa shape index (κ2) is 9.89. The van der Waals surface area contributed by atoms with Crippen LogP contribution in [0.25, 0.3) is 0 Å². The standard InChI is InChI=1S/C24H23ClN2O2/c1-17-9-10-21(18(2)11-17)14-24(28)27-26-15-19-5-4-8-23(13-19)29-16-20-6-3-7-22(25)12-20/h3-13,15H,14,16H2,1-2H3,(H,27,28)/b26-15+. The highest BCUT2D eigenvalue weighted by Crippen LogP contribution is 2.16. The molecule has 0 saturated heterocycles. The van der Waals surface area contributed by atoms with Crippen LogP contribution in [0, 0.1) is 13.8 Å². The lowest BCUT2D eigenvalue weighted by atomic mass is 10.0. The van der Waals surface area contributed by atoms with Crippen LogP contribution in [0.3, 0.4) is 0 Å². The number of benzene rings is 3. The lowest BCUT2D eigenvalue weighted by molar-refractivity contribution is -0.120. The zero-order valence-electron chi connectivity index (χ0n) is 16.5. The van der Waals surface area contributed by atoms with E-state index in [0.717, 1.165) is 28.0 Å². The van der Waals surface area contributed by atoms with Crippen molar-refractivity contribution < 1.29 is 9.53 Å². The van der Waals surface area contributed by atoms with Crippen LogP contribution in [-0.4, -0.2) is 12.1 Å². The first-order valence-electron chi connectivity index (χ1n) is 9.35. The Labute approximate surface area is 176 Å². The van der Waals surface area contributed by atoms with E-state index in [-0.39, 0.29) is 5.91 Å². The van der Waals surface area contributed by atoms with Gasteiger partial charge in [-0.1, -0.05) is 59.6 Å². The van der Waals surface area contributed by atoms with E-state index >= 15 is 0 Å². The molecule has 0 spiro atoms. The molecule has 1 N–H and O–H groups in total. The minimum Gasteiger partial charge on any atom is -0.489 e. The van der Waals surface area contributed by atoms with Gasteiger partial charge in [0.2, 0.25) is 5.91 Å². The molecule has 3 rings (SSSR count). The number of rotatable bonds is 7. The minimum absolute atomic E-state index is 0.151. The summed E-state index contributed by atoms with van der Waals surface area (Å²) in [5.41, 5.74) is 7.70. The maximum Gasteiger partial charge on any atom is 0.244 e. The smallest absolute Gasteiger partial charge is 0.244 e. The summed E-state index contributed by atoms with van der Waals surface area (Å²) in [6, 6.07) is 21.1. The van der Waals surface area contributed by atoms with Gasteiger partial charge in [0, 0.05) is 5.02 Å². The van der Waals surface area contributed by atoms with Crippen molar-refractivity contribution in [1.29, 1.82) is 0 Å². The van der Waals surface area contributed by atoms with Crippen molar-refractivity contribution in [3.8, 4) is 5.75 Å². The number of amides is 1. The fraction of sp³-hybridized carbons (Fsp3) is 0.167. The second-order valence-electron chi connectivity index (χ2n) is 6.89. The van der Waals surface area contributed by atoms with Crippen LogP contribution in [0.15, 0.2) is 71.8 Å². The van der Waals surface area contributed by atoms with Gasteiger partial charge in [-0.15, -0.1) is 0 Å². The van der Waals surface area contributed by atoms with Gasteiger partial charge in [-0.05, 0) is 60.4 Å². The molecule has 0 fully saturated rings. The summed E-state index contributed by atoms with van der Waals surface area (Å²) in [7, 11) is 0. The Morgan fingerprint density at radius 2 is 1.90 bits per heavy atom. The number of hydrogen-bond acceptors (Lipinski definition) is 3. The average molecular weight is 407 g/mol. The maximum atomic E-state index is 12.1. The van der Waals surface area contributed by atoms with E-state index < -0.39 is 0 Å². The summed E-state index contributed by atoms with van der Waals surface area (Å²) >= 11 is 5.99. The van der Waals surface area contributed by atoms with Crippen LogP contribution >= 0.6 is 11.6 Å². The molecule has 29 heavy (non-hydrogen) atoms. The van der Waals surface area contributed by atoms with Crippen molar-refractivity contribution >= 4 is 23.7 Å². The topological polar surface area (TPSA) is 50.7 Å². The number of nitrogens with zero attached hydrogens (tertiary/aromatic N) is 1. The van der Waals surface area contributed by atoms with E-state index in [1.165, 1.54) is 5.56 Å². The van der Waals surface area contributed by atoms with Crippen LogP contribution < -0.4 is 10.2 Å². The molecule has 0 aliphatic heterocycles. The van der Waals surface area contributed by atoms with Crippen molar-refractivity contribution in [2.24, 2.45) is 5.10 Å². The lowest BCUT2D eigenvalue weighted by Crippen LogP contribution is -2.20. The Morgan fingerprint density at radius 1 is 1.07 bits per heavy atom. The Balaban J connectivity index is 1.53. The van der Waals surface area contributed by atoms with Gasteiger partial charge < -0.3 is 4.74 Å². The number of aryl methyl sites for hydroxylation is 2. The van der Waals surface area contributed by atoms with Crippen molar-refractivity contribution in [3.05, 3.63) is 99.6 Å². The minimum atomic E-state index is -0.151. The third-order valence-electron chi connectivity index (χ3n) is 4.40. The molecule has 1 amide bonds. The maximum absolute atomic E-state index is 12.1. The van der Waals surface area contributed by atoms with Crippen LogP contribution in [0.2, 0.25) is 5.02 Å². The van der Waals surface area contributed by atoms with Crippen LogP contribution in [-0.2, 0) is 17.8 Å². The third kappa shape index (κ3) is 6.47. The number of carbonyl (C=O) groups is 1. The van der Waals surface area contributed by atoms with Gasteiger partial charge in [-0.2, -0.15) is 5.10 Å². The Bertz CT molecular complexity index is 1030. The summed E-state index contributed by atoms with van der Waals surface area (Å²) in [6.07, 6.45) is 1.90. The fourth-order valence-electron chi connectivity index (χ4n) is 2.91. The van der Waals surface area contributed by atoms with Crippen molar-refractivity contribution in [2.45, 2.75) is 26.9 Å². The summed E-state index contributed by atoms with van der Waals surface area (Å²) in [6.45, 7) is 4.47. The number of halogens is 1. The quantitative estimate of drug-likeness (QED) is 0.431. The van der Waals surface area contributed by atoms with Crippen LogP contribution in [0.5, 0.6) is 5.75 Å². The zero-order valence-corrected chi connectivity index (χ0v) is 17.2. The predicted octanol–water partition coefficient (Wildman–Crippen LogP) is 5.23. The molecule has 0 heterocycles. The number of hydrogen-bond donors (Lipinski definition) is 1. The van der Waals surface area contributed by atoms with Gasteiger partial charge in [-0.25, -0.2) is 5.43 Å². The largest absolute Gasteiger partial charge is 0.489 e. The van der Waals surface area contributed by atoms with E-state index in [1.807, 2.05) is 74.5 Å². The predicted molar refractivity (Wildman–Crippen MR) is 118 cm³/mol. The number of hydrazone groups is 1. The Kier molecular flexibility index (Phi) is 7.04. The molecule has 0 bridgehead atoms. The normalized spacial score (nSPS) is 10.9. The number of carbonyl (C=O) groups excluding carboxylic acids is 1. The molecule has 148 valence electrons. The molecule has 0 unspecified atom stereocenters. The summed E-state index contributed by atoms with van der Waals surface area (Å²) in [4.78, 5) is 12.1. The third-order valence-corrected chi connectivity index (χ3v) is 4.64. The molecule has 0 atom stereocenters. The molecule has 0 saturated carbocycles. The molecular formula is C24H23ClN2O2. The molecule has 4 nitrogen and oxygen atoms in total. The zero-order chi connectivity index (χ0) is 20.6. The Hall–Kier alpha value is -3.11. The summed E-state index contributed by atoms with van der Waals surface area (Å²) in [5.74, 6) is 0.567. The van der Waals surface area contributed by atoms with Crippen molar-refractivity contribution in [1.82, 2.24) is 5.43 Å². The first-order chi connectivity index (χ1) is 14.0. The molecule has 0 aliphatic rings. The summed E-state index contributed by atoms with van der Waals surface area (Å²) in [5, 5.41) is 4.74. The van der Waals surface area contributed by atoms with Crippen molar-refractivity contribution in [2.75, 3.05) is 0 Å². The second-order valence-corrected chi connectivity index (χ2v) is 7.33. The van der Waals surface area contributed by atoms with E-state index in [4.69, 9.17) is 16.3 Å². The average Bonchev–Trinajstić information content (AvgIpc) is 2.69. The van der Waals surface area contributed by atoms with Gasteiger partial charge >= 0.3 is 0 Å². The van der Waals surface area contributed by atoms with Gasteiger partial charge in [-0.3, -0.25) is 4.79 Å². The van der Waals surface area contributed by atoms with Gasteiger partial charge in [0.25, 0.3) is 0 Å². The van der Waals surface area contributed by atoms with E-state index in [0.29, 0.717) is 18.1 Å². The van der Waals surface area contributed by atoms with E-state index in [1.54, 1.807) is 6.21 Å². The highest BCUT2D eigenvalue weighted by atomic mass is 35.5. The van der Waals surface area contributed by atoms with Gasteiger partial charge in [0.1, 0.15) is 12.4 Å². The molecule has 0 aromatic heterocycles. The first-order valence-corrected chi connectivity index (χ1v) is 9.73. The van der Waals surface area contributed by atoms with Gasteiger partial charge in [0.15, 0.2) is 0 Å². The summed E-state index contributed by atoms with van der Waals surface area (Å²) < 4.78 is 5.81. The van der Waals surface area contributed by atoms with Crippen LogP contribution in [0.1, 0.15) is 27.8 Å². The number of nitrogens with one attached hydrogen (secondary N) is 1. The monoisotopic (exact) mass is 406 g/mol. The molecule has 0 radical (unpaired) electrons. The highest BCUT2D eigenvalue weighted by molar-refractivity contribution is 6.30. The van der Waals surface area contributed by atoms with Gasteiger partial charge in [0.05, 0.1) is 12.6 Å². The SMILES string of the molecule is Cc1ccc(CC(=O)N/N=C/c2cccc(OCc3cccc(Cl)c3)c2)c(C)c1. The van der Waals surface area contributed by atoms with Crippen LogP contribution in [0.4, 0.5) is 0 Å². The molecule has 3 aromatic carbocycles. The molecule has 0 aliphatic carbocycles. The van der Waals surface area contributed by atoms with Crippen molar-refractivity contribution in [3.63, 3.8) is 0 Å². The molecule has 5 heteroatoms. The Morgan fingerprint density at radius 3 is 2.69 bits per heavy atom. The molecule has 3 aromatic rings. The van der Waals surface area contributed by atoms with E-state index in [9.17, 15) is 4.79 Å². The highest BCUT2D eigenvalue weighted by Gasteiger charge is 2.05. The first kappa shape index (κ1) is 20.6.